The van der Waals surface area contributed by atoms with Gasteiger partial charge in [0.05, 0.1) is 5.69 Å². The molecule has 4 fully saturated rings. The van der Waals surface area contributed by atoms with Crippen LogP contribution >= 0.6 is 0 Å². The fourth-order valence-electron chi connectivity index (χ4n) is 6.50. The molecule has 6 heteroatoms. The van der Waals surface area contributed by atoms with Gasteiger partial charge in [0.15, 0.2) is 5.69 Å². The Morgan fingerprint density at radius 2 is 2.03 bits per heavy atom. The highest BCUT2D eigenvalue weighted by atomic mass is 19.1. The summed E-state index contributed by atoms with van der Waals surface area (Å²) in [4.78, 5) is 15.8. The van der Waals surface area contributed by atoms with E-state index >= 15 is 0 Å². The van der Waals surface area contributed by atoms with Crippen LogP contribution < -0.4 is 5.32 Å². The van der Waals surface area contributed by atoms with Crippen LogP contribution in [0.25, 0.3) is 5.69 Å². The van der Waals surface area contributed by atoms with Crippen molar-refractivity contribution in [1.82, 2.24) is 20.0 Å². The van der Waals surface area contributed by atoms with Crippen molar-refractivity contribution in [3.8, 4) is 5.69 Å². The lowest BCUT2D eigenvalue weighted by molar-refractivity contribution is -0.0148. The largest absolute Gasteiger partial charge is 0.334 e. The quantitative estimate of drug-likeness (QED) is 0.852. The van der Waals surface area contributed by atoms with Gasteiger partial charge in [0, 0.05) is 30.4 Å². The molecule has 5 aliphatic rings. The average molecular weight is 394 g/mol. The van der Waals surface area contributed by atoms with Gasteiger partial charge in [-0.15, -0.1) is 0 Å². The third kappa shape index (κ3) is 2.61. The van der Waals surface area contributed by atoms with Gasteiger partial charge in [-0.1, -0.05) is 0 Å². The first-order chi connectivity index (χ1) is 14.1. The Hall–Kier alpha value is -2.21. The highest BCUT2D eigenvalue weighted by Gasteiger charge is 2.51. The van der Waals surface area contributed by atoms with Crippen molar-refractivity contribution in [3.05, 3.63) is 46.5 Å². The molecule has 152 valence electrons. The summed E-state index contributed by atoms with van der Waals surface area (Å²) in [5.74, 6) is 1.77. The molecule has 4 heterocycles. The fourth-order valence-corrected chi connectivity index (χ4v) is 6.50. The van der Waals surface area contributed by atoms with Crippen LogP contribution in [-0.2, 0) is 12.8 Å². The predicted octanol–water partition coefficient (Wildman–Crippen LogP) is 2.88. The average Bonchev–Trinajstić information content (AvgIpc) is 3.43. The minimum Gasteiger partial charge on any atom is -0.334 e. The lowest BCUT2D eigenvalue weighted by Gasteiger charge is -2.52. The summed E-state index contributed by atoms with van der Waals surface area (Å²) >= 11 is 0. The van der Waals surface area contributed by atoms with Crippen LogP contribution in [0.2, 0.25) is 0 Å². The molecule has 2 bridgehead atoms. The number of hydrogen-bond donors (Lipinski definition) is 1. The molecule has 0 spiro atoms. The van der Waals surface area contributed by atoms with Gasteiger partial charge in [-0.25, -0.2) is 9.07 Å². The van der Waals surface area contributed by atoms with Gasteiger partial charge < -0.3 is 10.2 Å². The van der Waals surface area contributed by atoms with E-state index in [2.05, 4.69) is 10.2 Å². The normalized spacial score (nSPS) is 29.9. The second-order valence-corrected chi connectivity index (χ2v) is 9.37. The molecule has 1 N–H and O–H groups in total. The van der Waals surface area contributed by atoms with Crippen molar-refractivity contribution in [1.29, 1.82) is 0 Å². The van der Waals surface area contributed by atoms with Crippen LogP contribution in [0, 0.1) is 30.5 Å². The van der Waals surface area contributed by atoms with Gasteiger partial charge in [0.25, 0.3) is 5.91 Å². The highest BCUT2D eigenvalue weighted by molar-refractivity contribution is 5.94. The van der Waals surface area contributed by atoms with Gasteiger partial charge in [0.1, 0.15) is 5.82 Å². The van der Waals surface area contributed by atoms with Crippen molar-refractivity contribution in [2.24, 2.45) is 17.8 Å². The molecule has 1 saturated carbocycles. The molecule has 3 saturated heterocycles. The van der Waals surface area contributed by atoms with Gasteiger partial charge in [0.2, 0.25) is 0 Å². The maximum Gasteiger partial charge on any atom is 0.274 e. The van der Waals surface area contributed by atoms with Gasteiger partial charge in [-0.2, -0.15) is 5.10 Å². The monoisotopic (exact) mass is 394 g/mol. The summed E-state index contributed by atoms with van der Waals surface area (Å²) in [5, 5.41) is 8.32. The number of benzene rings is 1. The Kier molecular flexibility index (Phi) is 3.89. The number of rotatable bonds is 2. The van der Waals surface area contributed by atoms with Crippen molar-refractivity contribution < 1.29 is 9.18 Å². The van der Waals surface area contributed by atoms with Crippen LogP contribution in [0.3, 0.4) is 0 Å². The summed E-state index contributed by atoms with van der Waals surface area (Å²) in [7, 11) is 0. The third-order valence-electron chi connectivity index (χ3n) is 7.74. The molecule has 29 heavy (non-hydrogen) atoms. The van der Waals surface area contributed by atoms with E-state index in [1.54, 1.807) is 0 Å². The van der Waals surface area contributed by atoms with Crippen molar-refractivity contribution in [3.63, 3.8) is 0 Å². The standard InChI is InChI=1S/C23H27FN4O/c1-13-7-15(24)9-16(8-13)28-21-4-2-3-17(21)22(26-28)23(29)27-12-14-5-6-20(27)19-11-25-10-18(14)19/h7-9,14,18-20,25H,2-6,10-12H2,1H3. The molecule has 4 atom stereocenters. The van der Waals surface area contributed by atoms with E-state index in [4.69, 9.17) is 5.10 Å². The zero-order chi connectivity index (χ0) is 19.7. The van der Waals surface area contributed by atoms with Crippen LogP contribution in [0.4, 0.5) is 4.39 Å². The SMILES string of the molecule is Cc1cc(F)cc(-n2nc(C(=O)N3CC4CCC3C3CNCC43)c3c2CCC3)c1. The minimum atomic E-state index is -0.261. The van der Waals surface area contributed by atoms with Crippen LogP contribution in [0.15, 0.2) is 18.2 Å². The lowest BCUT2D eigenvalue weighted by Crippen LogP contribution is -2.59. The Labute approximate surface area is 170 Å². The van der Waals surface area contributed by atoms with E-state index in [1.807, 2.05) is 17.7 Å². The number of aryl methyl sites for hydroxylation is 1. The Morgan fingerprint density at radius 3 is 2.90 bits per heavy atom. The molecule has 1 aromatic carbocycles. The van der Waals surface area contributed by atoms with Crippen molar-refractivity contribution >= 4 is 5.91 Å². The Balaban J connectivity index is 1.38. The number of carbonyl (C=O) groups is 1. The van der Waals surface area contributed by atoms with Crippen LogP contribution in [0.5, 0.6) is 0 Å². The first-order valence-corrected chi connectivity index (χ1v) is 11.0. The summed E-state index contributed by atoms with van der Waals surface area (Å²) in [5.41, 5.74) is 4.36. The van der Waals surface area contributed by atoms with Gasteiger partial charge in [-0.05, 0) is 87.1 Å². The Bertz CT molecular complexity index is 979. The van der Waals surface area contributed by atoms with Crippen molar-refractivity contribution in [2.45, 2.75) is 45.1 Å². The summed E-state index contributed by atoms with van der Waals surface area (Å²) in [6.45, 7) is 4.90. The molecule has 7 rings (SSSR count). The second-order valence-electron chi connectivity index (χ2n) is 9.37. The fraction of sp³-hybridized carbons (Fsp3) is 0.565. The lowest BCUT2D eigenvalue weighted by atomic mass is 9.66. The summed E-state index contributed by atoms with van der Waals surface area (Å²) < 4.78 is 15.9. The van der Waals surface area contributed by atoms with E-state index in [0.717, 1.165) is 73.7 Å². The second kappa shape index (κ2) is 6.39. The number of hydrogen-bond acceptors (Lipinski definition) is 3. The number of amides is 1. The van der Waals surface area contributed by atoms with E-state index in [9.17, 15) is 9.18 Å². The molecule has 2 aromatic rings. The Morgan fingerprint density at radius 1 is 1.17 bits per heavy atom. The molecular formula is C23H27FN4O. The zero-order valence-corrected chi connectivity index (χ0v) is 16.8. The van der Waals surface area contributed by atoms with Crippen molar-refractivity contribution in [2.75, 3.05) is 19.6 Å². The number of nitrogens with zero attached hydrogens (tertiary/aromatic N) is 3. The molecule has 1 amide bonds. The molecule has 0 radical (unpaired) electrons. The van der Waals surface area contributed by atoms with Gasteiger partial charge in [-0.3, -0.25) is 4.79 Å². The first kappa shape index (κ1) is 17.6. The van der Waals surface area contributed by atoms with E-state index < -0.39 is 0 Å². The molecule has 3 aliphatic heterocycles. The number of piperidine rings is 2. The maximum atomic E-state index is 14.0. The summed E-state index contributed by atoms with van der Waals surface area (Å²) in [6, 6.07) is 5.33. The van der Waals surface area contributed by atoms with E-state index in [0.29, 0.717) is 23.6 Å². The first-order valence-electron chi connectivity index (χ1n) is 11.0. The predicted molar refractivity (Wildman–Crippen MR) is 108 cm³/mol. The van der Waals surface area contributed by atoms with Crippen LogP contribution in [0.1, 0.15) is 46.6 Å². The molecule has 4 unspecified atom stereocenters. The van der Waals surface area contributed by atoms with Gasteiger partial charge >= 0.3 is 0 Å². The molecule has 5 nitrogen and oxygen atoms in total. The minimum absolute atomic E-state index is 0.0927. The number of halogens is 1. The van der Waals surface area contributed by atoms with E-state index in [-0.39, 0.29) is 11.7 Å². The number of nitrogens with one attached hydrogen (secondary N) is 1. The van der Waals surface area contributed by atoms with E-state index in [1.165, 1.54) is 18.6 Å². The molecular weight excluding hydrogens is 367 g/mol. The number of carbonyl (C=O) groups excluding carboxylic acids is 1. The number of fused-ring (bicyclic) bond motifs is 3. The molecule has 1 aromatic heterocycles. The topological polar surface area (TPSA) is 50.2 Å². The van der Waals surface area contributed by atoms with Crippen LogP contribution in [-0.4, -0.2) is 46.3 Å². The summed E-state index contributed by atoms with van der Waals surface area (Å²) in [6.07, 6.45) is 5.17. The smallest absolute Gasteiger partial charge is 0.274 e. The maximum absolute atomic E-state index is 14.0. The zero-order valence-electron chi connectivity index (χ0n) is 16.8. The third-order valence-corrected chi connectivity index (χ3v) is 7.74. The highest BCUT2D eigenvalue weighted by Crippen LogP contribution is 2.45. The molecule has 2 aliphatic carbocycles. The number of aromatic nitrogens is 2.